The molecule has 0 aromatic heterocycles. The summed E-state index contributed by atoms with van der Waals surface area (Å²) in [5.74, 6) is -0.903. The van der Waals surface area contributed by atoms with Crippen LogP contribution in [-0.2, 0) is 20.9 Å². The standard InChI is InChI=1S/C23H32N4O3/c28-21(17-27-22(29)19-8-4-5-9-20(19)23(27)30)24-10-11-25-12-14-26(15-13-25)16-18-6-2-1-3-7-18/h1-3,6-7,19-20H,4-5,8-17H2,(H,24,28). The Kier molecular flexibility index (Phi) is 6.79. The molecule has 2 atom stereocenters. The molecule has 0 spiro atoms. The molecule has 4 rings (SSSR count). The SMILES string of the molecule is O=C(CN1C(=O)C2CCCCC2C1=O)NCCN1CCN(Cc2ccccc2)CC1. The molecule has 1 N–H and O–H groups in total. The van der Waals surface area contributed by atoms with Crippen LogP contribution in [-0.4, -0.2) is 78.2 Å². The highest BCUT2D eigenvalue weighted by molar-refractivity contribution is 6.07. The molecule has 1 aliphatic carbocycles. The number of imide groups is 1. The third kappa shape index (κ3) is 4.90. The second-order valence-electron chi connectivity index (χ2n) is 8.71. The smallest absolute Gasteiger partial charge is 0.240 e. The van der Waals surface area contributed by atoms with Gasteiger partial charge in [0.25, 0.3) is 0 Å². The number of nitrogens with one attached hydrogen (secondary N) is 1. The average molecular weight is 413 g/mol. The van der Waals surface area contributed by atoms with E-state index < -0.39 is 0 Å². The van der Waals surface area contributed by atoms with E-state index in [0.717, 1.165) is 65.0 Å². The van der Waals surface area contributed by atoms with Gasteiger partial charge >= 0.3 is 0 Å². The third-order valence-corrected chi connectivity index (χ3v) is 6.70. The van der Waals surface area contributed by atoms with Crippen LogP contribution in [0, 0.1) is 11.8 Å². The van der Waals surface area contributed by atoms with Crippen molar-refractivity contribution in [2.45, 2.75) is 32.2 Å². The molecule has 3 fully saturated rings. The fourth-order valence-corrected chi connectivity index (χ4v) is 4.95. The van der Waals surface area contributed by atoms with Crippen LogP contribution in [0.5, 0.6) is 0 Å². The van der Waals surface area contributed by atoms with Crippen molar-refractivity contribution in [3.8, 4) is 0 Å². The normalized spacial score (nSPS) is 25.4. The molecule has 1 saturated carbocycles. The van der Waals surface area contributed by atoms with Crippen LogP contribution in [0.2, 0.25) is 0 Å². The molecule has 0 bridgehead atoms. The number of piperazine rings is 1. The van der Waals surface area contributed by atoms with E-state index in [2.05, 4.69) is 39.4 Å². The average Bonchev–Trinajstić information content (AvgIpc) is 3.01. The van der Waals surface area contributed by atoms with Crippen LogP contribution in [0.15, 0.2) is 30.3 Å². The predicted octanol–water partition coefficient (Wildman–Crippen LogP) is 1.10. The first-order chi connectivity index (χ1) is 14.6. The van der Waals surface area contributed by atoms with Crippen LogP contribution < -0.4 is 5.32 Å². The summed E-state index contributed by atoms with van der Waals surface area (Å²) in [5, 5.41) is 2.89. The Morgan fingerprint density at radius 1 is 0.900 bits per heavy atom. The van der Waals surface area contributed by atoms with E-state index in [4.69, 9.17) is 0 Å². The Morgan fingerprint density at radius 2 is 1.50 bits per heavy atom. The van der Waals surface area contributed by atoms with E-state index in [1.807, 2.05) is 6.07 Å². The lowest BCUT2D eigenvalue weighted by Gasteiger charge is -2.34. The molecular weight excluding hydrogens is 380 g/mol. The van der Waals surface area contributed by atoms with Gasteiger partial charge in [-0.2, -0.15) is 0 Å². The predicted molar refractivity (Wildman–Crippen MR) is 113 cm³/mol. The molecule has 1 aromatic carbocycles. The Balaban J connectivity index is 1.14. The first-order valence-corrected chi connectivity index (χ1v) is 11.2. The quantitative estimate of drug-likeness (QED) is 0.679. The highest BCUT2D eigenvalue weighted by Crippen LogP contribution is 2.37. The molecule has 2 heterocycles. The van der Waals surface area contributed by atoms with Gasteiger partial charge in [0, 0.05) is 45.8 Å². The monoisotopic (exact) mass is 412 g/mol. The van der Waals surface area contributed by atoms with Crippen LogP contribution >= 0.6 is 0 Å². The highest BCUT2D eigenvalue weighted by Gasteiger charge is 2.48. The number of rotatable bonds is 7. The lowest BCUT2D eigenvalue weighted by molar-refractivity contribution is -0.143. The summed E-state index contributed by atoms with van der Waals surface area (Å²) in [4.78, 5) is 43.3. The largest absolute Gasteiger partial charge is 0.353 e. The van der Waals surface area contributed by atoms with Crippen molar-refractivity contribution in [3.05, 3.63) is 35.9 Å². The van der Waals surface area contributed by atoms with Gasteiger partial charge in [-0.3, -0.25) is 29.1 Å². The molecule has 2 unspecified atom stereocenters. The van der Waals surface area contributed by atoms with Gasteiger partial charge in [0.15, 0.2) is 0 Å². The molecule has 30 heavy (non-hydrogen) atoms. The number of amides is 3. The van der Waals surface area contributed by atoms with Gasteiger partial charge in [0.1, 0.15) is 6.54 Å². The molecule has 3 amide bonds. The van der Waals surface area contributed by atoms with E-state index in [1.54, 1.807) is 0 Å². The Labute approximate surface area is 178 Å². The minimum absolute atomic E-state index is 0.129. The van der Waals surface area contributed by atoms with Gasteiger partial charge < -0.3 is 5.32 Å². The lowest BCUT2D eigenvalue weighted by Crippen LogP contribution is -2.48. The van der Waals surface area contributed by atoms with Crippen LogP contribution in [0.3, 0.4) is 0 Å². The number of fused-ring (bicyclic) bond motifs is 1. The Hall–Kier alpha value is -2.25. The van der Waals surface area contributed by atoms with Crippen molar-refractivity contribution < 1.29 is 14.4 Å². The van der Waals surface area contributed by atoms with E-state index in [-0.39, 0.29) is 36.1 Å². The number of carbonyl (C=O) groups is 3. The van der Waals surface area contributed by atoms with Crippen molar-refractivity contribution in [2.75, 3.05) is 45.8 Å². The molecule has 2 saturated heterocycles. The number of carbonyl (C=O) groups excluding carboxylic acids is 3. The molecule has 7 nitrogen and oxygen atoms in total. The number of nitrogens with zero attached hydrogens (tertiary/aromatic N) is 3. The number of hydrogen-bond acceptors (Lipinski definition) is 5. The Bertz CT molecular complexity index is 737. The fourth-order valence-electron chi connectivity index (χ4n) is 4.95. The van der Waals surface area contributed by atoms with E-state index in [0.29, 0.717) is 6.54 Å². The second kappa shape index (κ2) is 9.71. The molecule has 1 aromatic rings. The van der Waals surface area contributed by atoms with Crippen LogP contribution in [0.1, 0.15) is 31.2 Å². The molecule has 2 aliphatic heterocycles. The first kappa shape index (κ1) is 21.0. The van der Waals surface area contributed by atoms with E-state index in [9.17, 15) is 14.4 Å². The summed E-state index contributed by atoms with van der Waals surface area (Å²) in [6, 6.07) is 10.5. The van der Waals surface area contributed by atoms with E-state index >= 15 is 0 Å². The summed E-state index contributed by atoms with van der Waals surface area (Å²) in [6.07, 6.45) is 3.56. The summed E-state index contributed by atoms with van der Waals surface area (Å²) < 4.78 is 0. The molecule has 162 valence electrons. The molecule has 3 aliphatic rings. The van der Waals surface area contributed by atoms with Gasteiger partial charge in [-0.25, -0.2) is 0 Å². The lowest BCUT2D eigenvalue weighted by atomic mass is 9.81. The van der Waals surface area contributed by atoms with Crippen molar-refractivity contribution in [1.29, 1.82) is 0 Å². The third-order valence-electron chi connectivity index (χ3n) is 6.70. The van der Waals surface area contributed by atoms with Gasteiger partial charge in [0.05, 0.1) is 11.8 Å². The fraction of sp³-hybridized carbons (Fsp3) is 0.609. The number of benzene rings is 1. The molecular formula is C23H32N4O3. The zero-order chi connectivity index (χ0) is 20.9. The minimum Gasteiger partial charge on any atom is -0.353 e. The maximum atomic E-state index is 12.5. The van der Waals surface area contributed by atoms with Crippen molar-refractivity contribution in [2.24, 2.45) is 11.8 Å². The maximum absolute atomic E-state index is 12.5. The second-order valence-corrected chi connectivity index (χ2v) is 8.71. The highest BCUT2D eigenvalue weighted by atomic mass is 16.2. The summed E-state index contributed by atoms with van der Waals surface area (Å²) in [5.41, 5.74) is 1.34. The van der Waals surface area contributed by atoms with Crippen molar-refractivity contribution in [1.82, 2.24) is 20.0 Å². The minimum atomic E-state index is -0.238. The zero-order valence-electron chi connectivity index (χ0n) is 17.6. The zero-order valence-corrected chi connectivity index (χ0v) is 17.6. The van der Waals surface area contributed by atoms with Gasteiger partial charge in [0.2, 0.25) is 17.7 Å². The maximum Gasteiger partial charge on any atom is 0.240 e. The molecule has 0 radical (unpaired) electrons. The Morgan fingerprint density at radius 3 is 2.13 bits per heavy atom. The van der Waals surface area contributed by atoms with Crippen molar-refractivity contribution in [3.63, 3.8) is 0 Å². The number of likely N-dealkylation sites (tertiary alicyclic amines) is 1. The van der Waals surface area contributed by atoms with Gasteiger partial charge in [-0.1, -0.05) is 43.2 Å². The number of hydrogen-bond donors (Lipinski definition) is 1. The van der Waals surface area contributed by atoms with Crippen molar-refractivity contribution >= 4 is 17.7 Å². The summed E-state index contributed by atoms with van der Waals surface area (Å²) >= 11 is 0. The topological polar surface area (TPSA) is 73.0 Å². The van der Waals surface area contributed by atoms with E-state index in [1.165, 1.54) is 10.5 Å². The van der Waals surface area contributed by atoms with Crippen LogP contribution in [0.25, 0.3) is 0 Å². The summed E-state index contributed by atoms with van der Waals surface area (Å²) in [7, 11) is 0. The first-order valence-electron chi connectivity index (χ1n) is 11.2. The van der Waals surface area contributed by atoms with Gasteiger partial charge in [-0.15, -0.1) is 0 Å². The van der Waals surface area contributed by atoms with Crippen LogP contribution in [0.4, 0.5) is 0 Å². The molecule has 7 heteroatoms. The van der Waals surface area contributed by atoms with Gasteiger partial charge in [-0.05, 0) is 18.4 Å². The summed E-state index contributed by atoms with van der Waals surface area (Å²) in [6.45, 7) is 6.18.